The number of H-pyrrole nitrogens is 1. The number of amides is 3. The van der Waals surface area contributed by atoms with Gasteiger partial charge in [-0.05, 0) is 35.2 Å². The first-order valence-corrected chi connectivity index (χ1v) is 13.3. The first-order valence-electron chi connectivity index (χ1n) is 13.3. The molecule has 13 heteroatoms. The molecule has 1 aromatic heterocycles. The number of carboxylic acids is 2. The molecule has 2 aromatic carbocycles. The van der Waals surface area contributed by atoms with Crippen LogP contribution in [0.1, 0.15) is 31.4 Å². The number of carbonyl (C=O) groups is 5. The van der Waals surface area contributed by atoms with Crippen LogP contribution in [0, 0.1) is 5.92 Å². The van der Waals surface area contributed by atoms with Crippen LogP contribution < -0.4 is 21.7 Å². The zero-order chi connectivity index (χ0) is 31.0. The van der Waals surface area contributed by atoms with Gasteiger partial charge in [0.25, 0.3) is 0 Å². The number of phenols is 1. The minimum atomic E-state index is -1.56. The SMILES string of the molecule is CC(C)C(N)C(=O)NC(CC(=O)O)C(=O)NC(Cc1ccc(O)cc1)C(=O)NC(Cc1c[nH]c2ccccc12)C(=O)O. The molecule has 3 amide bonds. The van der Waals surface area contributed by atoms with Crippen LogP contribution >= 0.6 is 0 Å². The molecule has 0 saturated carbocycles. The standard InChI is InChI=1S/C29H35N5O8/c1-15(2)25(30)28(40)33-22(13-24(36)37)27(39)32-21(11-16-7-9-18(35)10-8-16)26(38)34-23(29(41)42)12-17-14-31-20-6-4-3-5-19(17)20/h3-10,14-15,21-23,25,31,35H,11-13,30H2,1-2H3,(H,32,39)(H,33,40)(H,34,38)(H,36,37)(H,41,42). The van der Waals surface area contributed by atoms with Gasteiger partial charge in [0.15, 0.2) is 0 Å². The Hall–Kier alpha value is -4.91. The van der Waals surface area contributed by atoms with E-state index >= 15 is 0 Å². The third kappa shape index (κ3) is 8.54. The Morgan fingerprint density at radius 3 is 2.02 bits per heavy atom. The third-order valence-electron chi connectivity index (χ3n) is 6.76. The number of hydrogen-bond acceptors (Lipinski definition) is 7. The zero-order valence-corrected chi connectivity index (χ0v) is 23.2. The minimum Gasteiger partial charge on any atom is -0.508 e. The zero-order valence-electron chi connectivity index (χ0n) is 23.2. The van der Waals surface area contributed by atoms with Crippen molar-refractivity contribution in [2.24, 2.45) is 11.7 Å². The van der Waals surface area contributed by atoms with E-state index in [0.717, 1.165) is 10.9 Å². The summed E-state index contributed by atoms with van der Waals surface area (Å²) in [6.45, 7) is 3.37. The Balaban J connectivity index is 1.84. The number of phenolic OH excluding ortho intramolecular Hbond substituents is 1. The molecule has 9 N–H and O–H groups in total. The van der Waals surface area contributed by atoms with E-state index in [1.807, 2.05) is 18.2 Å². The van der Waals surface area contributed by atoms with Gasteiger partial charge in [-0.15, -0.1) is 0 Å². The molecule has 3 rings (SSSR count). The molecule has 0 saturated heterocycles. The number of nitrogens with two attached hydrogens (primary N) is 1. The monoisotopic (exact) mass is 581 g/mol. The highest BCUT2D eigenvalue weighted by molar-refractivity contribution is 5.96. The molecule has 224 valence electrons. The normalized spacial score (nSPS) is 14.0. The number of rotatable bonds is 14. The smallest absolute Gasteiger partial charge is 0.326 e. The fourth-order valence-electron chi connectivity index (χ4n) is 4.30. The van der Waals surface area contributed by atoms with Crippen molar-refractivity contribution in [3.8, 4) is 5.75 Å². The quantitative estimate of drug-likeness (QED) is 0.134. The largest absolute Gasteiger partial charge is 0.508 e. The van der Waals surface area contributed by atoms with E-state index in [1.165, 1.54) is 24.3 Å². The lowest BCUT2D eigenvalue weighted by Gasteiger charge is -2.25. The highest BCUT2D eigenvalue weighted by Crippen LogP contribution is 2.19. The summed E-state index contributed by atoms with van der Waals surface area (Å²) >= 11 is 0. The van der Waals surface area contributed by atoms with E-state index in [-0.39, 0.29) is 24.5 Å². The Kier molecular flexibility index (Phi) is 10.6. The summed E-state index contributed by atoms with van der Waals surface area (Å²) < 4.78 is 0. The summed E-state index contributed by atoms with van der Waals surface area (Å²) in [6.07, 6.45) is 0.685. The van der Waals surface area contributed by atoms with Gasteiger partial charge >= 0.3 is 11.9 Å². The van der Waals surface area contributed by atoms with Crippen LogP contribution in [-0.2, 0) is 36.8 Å². The van der Waals surface area contributed by atoms with Crippen LogP contribution in [-0.4, -0.2) is 74.1 Å². The predicted octanol–water partition coefficient (Wildman–Crippen LogP) is 0.656. The van der Waals surface area contributed by atoms with Gasteiger partial charge in [-0.3, -0.25) is 19.2 Å². The molecule has 3 aromatic rings. The average Bonchev–Trinajstić information content (AvgIpc) is 3.34. The summed E-state index contributed by atoms with van der Waals surface area (Å²) in [5.74, 6) is -5.56. The Morgan fingerprint density at radius 2 is 1.40 bits per heavy atom. The fourth-order valence-corrected chi connectivity index (χ4v) is 4.30. The first kappa shape index (κ1) is 31.6. The van der Waals surface area contributed by atoms with E-state index in [2.05, 4.69) is 20.9 Å². The van der Waals surface area contributed by atoms with Crippen LogP contribution in [0.3, 0.4) is 0 Å². The van der Waals surface area contributed by atoms with Crippen LogP contribution in [0.2, 0.25) is 0 Å². The maximum absolute atomic E-state index is 13.5. The lowest BCUT2D eigenvalue weighted by atomic mass is 10.0. The van der Waals surface area contributed by atoms with Gasteiger partial charge in [-0.25, -0.2) is 4.79 Å². The number of aromatic nitrogens is 1. The van der Waals surface area contributed by atoms with Crippen molar-refractivity contribution in [1.82, 2.24) is 20.9 Å². The molecule has 0 spiro atoms. The second-order valence-corrected chi connectivity index (χ2v) is 10.3. The number of para-hydroxylation sites is 1. The van der Waals surface area contributed by atoms with Crippen LogP contribution in [0.15, 0.2) is 54.7 Å². The van der Waals surface area contributed by atoms with Crippen molar-refractivity contribution < 1.29 is 39.3 Å². The number of aromatic hydroxyl groups is 1. The molecule has 0 radical (unpaired) electrons. The van der Waals surface area contributed by atoms with Crippen LogP contribution in [0.5, 0.6) is 5.75 Å². The molecule has 0 aliphatic heterocycles. The minimum absolute atomic E-state index is 0.0285. The van der Waals surface area contributed by atoms with Crippen LogP contribution in [0.4, 0.5) is 0 Å². The Morgan fingerprint density at radius 1 is 0.810 bits per heavy atom. The fraction of sp³-hybridized carbons (Fsp3) is 0.345. The van der Waals surface area contributed by atoms with Gasteiger partial charge in [0, 0.05) is 29.9 Å². The molecule has 0 fully saturated rings. The first-order chi connectivity index (χ1) is 19.8. The third-order valence-corrected chi connectivity index (χ3v) is 6.76. The van der Waals surface area contributed by atoms with E-state index in [9.17, 15) is 39.3 Å². The highest BCUT2D eigenvalue weighted by Gasteiger charge is 2.32. The molecule has 0 bridgehead atoms. The average molecular weight is 582 g/mol. The maximum Gasteiger partial charge on any atom is 0.326 e. The summed E-state index contributed by atoms with van der Waals surface area (Å²) in [5.41, 5.74) is 7.81. The van der Waals surface area contributed by atoms with E-state index in [0.29, 0.717) is 11.1 Å². The maximum atomic E-state index is 13.5. The molecule has 4 atom stereocenters. The Labute approximate surface area is 241 Å². The van der Waals surface area contributed by atoms with E-state index in [1.54, 1.807) is 26.1 Å². The molecule has 0 aliphatic rings. The van der Waals surface area contributed by atoms with Gasteiger partial charge < -0.3 is 42.0 Å². The van der Waals surface area contributed by atoms with Gasteiger partial charge in [-0.2, -0.15) is 0 Å². The number of carboxylic acid groups (broad SMARTS) is 2. The van der Waals surface area contributed by atoms with Gasteiger partial charge in [-0.1, -0.05) is 44.2 Å². The summed E-state index contributed by atoms with van der Waals surface area (Å²) in [6, 6.07) is 7.77. The summed E-state index contributed by atoms with van der Waals surface area (Å²) in [7, 11) is 0. The molecular weight excluding hydrogens is 546 g/mol. The molecular formula is C29H35N5O8. The van der Waals surface area contributed by atoms with Crippen molar-refractivity contribution in [1.29, 1.82) is 0 Å². The predicted molar refractivity (Wildman–Crippen MR) is 152 cm³/mol. The summed E-state index contributed by atoms with van der Waals surface area (Å²) in [4.78, 5) is 65.9. The lowest BCUT2D eigenvalue weighted by Crippen LogP contribution is -2.58. The van der Waals surface area contributed by atoms with E-state index in [4.69, 9.17) is 5.73 Å². The second kappa shape index (κ2) is 14.1. The topological polar surface area (TPSA) is 224 Å². The number of aliphatic carboxylic acids is 2. The van der Waals surface area contributed by atoms with Gasteiger partial charge in [0.1, 0.15) is 23.9 Å². The van der Waals surface area contributed by atoms with Crippen molar-refractivity contribution in [2.45, 2.75) is 57.3 Å². The lowest BCUT2D eigenvalue weighted by molar-refractivity contribution is -0.143. The number of hydrogen-bond donors (Lipinski definition) is 8. The molecule has 1 heterocycles. The van der Waals surface area contributed by atoms with Gasteiger partial charge in [0.05, 0.1) is 12.5 Å². The molecule has 0 aliphatic carbocycles. The van der Waals surface area contributed by atoms with Crippen molar-refractivity contribution in [2.75, 3.05) is 0 Å². The second-order valence-electron chi connectivity index (χ2n) is 10.3. The highest BCUT2D eigenvalue weighted by atomic mass is 16.4. The molecule has 13 nitrogen and oxygen atoms in total. The molecule has 42 heavy (non-hydrogen) atoms. The van der Waals surface area contributed by atoms with Crippen LogP contribution in [0.25, 0.3) is 10.9 Å². The summed E-state index contributed by atoms with van der Waals surface area (Å²) in [5, 5.41) is 36.9. The number of carbonyl (C=O) groups excluding carboxylic acids is 3. The number of benzene rings is 2. The molecule has 4 unspecified atom stereocenters. The van der Waals surface area contributed by atoms with E-state index < -0.39 is 60.2 Å². The number of nitrogens with one attached hydrogen (secondary N) is 4. The van der Waals surface area contributed by atoms with Crippen molar-refractivity contribution in [3.63, 3.8) is 0 Å². The number of fused-ring (bicyclic) bond motifs is 1. The van der Waals surface area contributed by atoms with Gasteiger partial charge in [0.2, 0.25) is 17.7 Å². The Bertz CT molecular complexity index is 1440. The number of aromatic amines is 1. The van der Waals surface area contributed by atoms with Crippen molar-refractivity contribution >= 4 is 40.6 Å². The van der Waals surface area contributed by atoms with Crippen molar-refractivity contribution in [3.05, 3.63) is 65.9 Å².